The number of carbonyl (C=O) groups is 4. The maximum absolute atomic E-state index is 14.4. The van der Waals surface area contributed by atoms with Gasteiger partial charge in [-0.25, -0.2) is 9.59 Å². The number of aromatic nitrogens is 4. The number of methoxy groups -OCH3 is 2. The van der Waals surface area contributed by atoms with Crippen molar-refractivity contribution in [3.8, 4) is 51.6 Å². The lowest BCUT2D eigenvalue weighted by Crippen LogP contribution is -2.27. The third-order valence-electron chi connectivity index (χ3n) is 10.5. The molecule has 0 fully saturated rings. The van der Waals surface area contributed by atoms with Gasteiger partial charge in [-0.1, -0.05) is 57.5 Å². The monoisotopic (exact) mass is 1230 g/mol. The van der Waals surface area contributed by atoms with Crippen LogP contribution in [0.15, 0.2) is 93.9 Å². The predicted molar refractivity (Wildman–Crippen MR) is 264 cm³/mol. The molecule has 410 valence electrons. The maximum atomic E-state index is 14.4. The van der Waals surface area contributed by atoms with Crippen LogP contribution < -0.4 is 18.9 Å². The Hall–Kier alpha value is -7.19. The summed E-state index contributed by atoms with van der Waals surface area (Å²) >= 11 is 6.46. The average molecular weight is 1230 g/mol. The zero-order chi connectivity index (χ0) is 56.5. The number of nitriles is 1. The summed E-state index contributed by atoms with van der Waals surface area (Å²) in [4.78, 5) is 46.9. The van der Waals surface area contributed by atoms with Crippen molar-refractivity contribution in [2.24, 2.45) is 14.1 Å². The van der Waals surface area contributed by atoms with Crippen molar-refractivity contribution < 1.29 is 92.3 Å². The van der Waals surface area contributed by atoms with Crippen LogP contribution in [0, 0.1) is 11.3 Å². The average Bonchev–Trinajstić information content (AvgIpc) is 4.12. The first kappa shape index (κ1) is 60.7. The summed E-state index contributed by atoms with van der Waals surface area (Å²) in [5, 5.41) is 27.4. The maximum Gasteiger partial charge on any atom is 0.586 e. The van der Waals surface area contributed by atoms with Crippen LogP contribution in [0.2, 0.25) is 19.6 Å². The minimum atomic E-state index is -4.04. The number of halogens is 10. The van der Waals surface area contributed by atoms with Gasteiger partial charge in [0.2, 0.25) is 0 Å². The van der Waals surface area contributed by atoms with Crippen molar-refractivity contribution in [1.82, 2.24) is 19.6 Å². The fourth-order valence-corrected chi connectivity index (χ4v) is 8.77. The van der Waals surface area contributed by atoms with Gasteiger partial charge in [0, 0.05) is 45.3 Å². The Balaban J connectivity index is 0.000000225. The Morgan fingerprint density at radius 2 is 1.17 bits per heavy atom. The molecular formula is C49H43Br2F8N5O12Si. The number of rotatable bonds is 13. The third-order valence-corrected chi connectivity index (χ3v) is 12.5. The molecule has 4 heterocycles. The number of hydrogen-bond acceptors (Lipinski definition) is 15. The van der Waals surface area contributed by atoms with E-state index in [2.05, 4.69) is 70.5 Å². The molecule has 77 heavy (non-hydrogen) atoms. The highest BCUT2D eigenvalue weighted by atomic mass is 79.9. The molecule has 2 aliphatic rings. The predicted octanol–water partition coefficient (Wildman–Crippen LogP) is 11.3. The van der Waals surface area contributed by atoms with Crippen molar-refractivity contribution in [3.63, 3.8) is 0 Å². The lowest BCUT2D eigenvalue weighted by molar-refractivity contribution is -0.287. The summed E-state index contributed by atoms with van der Waals surface area (Å²) < 4.78 is 143. The Bertz CT molecular complexity index is 3270. The molecule has 2 aliphatic heterocycles. The van der Waals surface area contributed by atoms with E-state index < -0.39 is 74.1 Å². The van der Waals surface area contributed by atoms with Crippen molar-refractivity contribution in [2.45, 2.75) is 63.7 Å². The Morgan fingerprint density at radius 1 is 0.714 bits per heavy atom. The first-order valence-corrected chi connectivity index (χ1v) is 26.5. The minimum Gasteiger partial charge on any atom is -0.464 e. The van der Waals surface area contributed by atoms with Gasteiger partial charge in [-0.15, -0.1) is 17.6 Å². The number of ether oxygens (including phenoxy) is 6. The zero-order valence-electron chi connectivity index (χ0n) is 40.3. The molecule has 0 bridgehead atoms. The molecule has 0 spiro atoms. The van der Waals surface area contributed by atoms with Gasteiger partial charge >= 0.3 is 36.4 Å². The number of aryl methyl sites for hydroxylation is 2. The number of esters is 2. The molecule has 2 unspecified atom stereocenters. The Morgan fingerprint density at radius 3 is 1.65 bits per heavy atom. The van der Waals surface area contributed by atoms with Crippen LogP contribution in [0.3, 0.4) is 0 Å². The van der Waals surface area contributed by atoms with E-state index in [1.165, 1.54) is 55.2 Å². The van der Waals surface area contributed by atoms with Gasteiger partial charge in [0.1, 0.15) is 17.5 Å². The second-order valence-corrected chi connectivity index (χ2v) is 23.3. The number of Topliss-reactive ketones (excluding diaryl/α,β-unsaturated/α-hetero) is 1. The molecular weight excluding hydrogens is 1190 g/mol. The van der Waals surface area contributed by atoms with E-state index in [0.29, 0.717) is 31.9 Å². The lowest BCUT2D eigenvalue weighted by atomic mass is 9.94. The van der Waals surface area contributed by atoms with Gasteiger partial charge < -0.3 is 38.0 Å². The number of carbonyl (C=O) groups excluding carboxylic acids is 4. The highest BCUT2D eigenvalue weighted by Crippen LogP contribution is 2.44. The number of nitrogens with zero attached hydrogens (tertiary/aromatic N) is 5. The van der Waals surface area contributed by atoms with Crippen LogP contribution in [0.1, 0.15) is 62.9 Å². The zero-order valence-corrected chi connectivity index (χ0v) is 44.4. The quantitative estimate of drug-likeness (QED) is 0.0374. The number of hydrogen-bond donors (Lipinski definition) is 1. The van der Waals surface area contributed by atoms with Crippen LogP contribution >= 0.6 is 31.9 Å². The van der Waals surface area contributed by atoms with Crippen molar-refractivity contribution >= 4 is 64.2 Å². The standard InChI is InChI=1S/C22H15BrF4N2O6.C14H11BrF2N2O3.C12H13F2NO3Si.CH4/c1-29-14(9-17(28-29)21(24,25)20(32)33-2)12-5-4-11(23)8-13(12)19(31)18(30)10-3-6-15-16(7-10)35-22(26,27)34-15;1-19-11(10-4-3-9(15)5-8(10)7-20)6-12(18-19)14(16,17)13(21)22-2;1-19(2,3)18-11(7-15)8-4-5-9-10(6-8)17-12(13,14)16-9;/h3-9,19,31H,1-2H3;3-7H,1-2H3;4-6,11H,1-3H3;1H4. The van der Waals surface area contributed by atoms with Crippen molar-refractivity contribution in [3.05, 3.63) is 128 Å². The van der Waals surface area contributed by atoms with Crippen LogP contribution in [0.25, 0.3) is 22.5 Å². The molecule has 17 nitrogen and oxygen atoms in total. The second-order valence-electron chi connectivity index (χ2n) is 17.0. The van der Waals surface area contributed by atoms with Crippen LogP contribution in [0.4, 0.5) is 35.1 Å². The lowest BCUT2D eigenvalue weighted by Gasteiger charge is -2.21. The first-order valence-electron chi connectivity index (χ1n) is 21.5. The van der Waals surface area contributed by atoms with E-state index in [0.717, 1.165) is 43.2 Å². The van der Waals surface area contributed by atoms with Gasteiger partial charge in [-0.3, -0.25) is 19.0 Å². The molecule has 4 aromatic carbocycles. The number of benzene rings is 4. The molecule has 1 N–H and O–H groups in total. The highest BCUT2D eigenvalue weighted by molar-refractivity contribution is 9.10. The smallest absolute Gasteiger partial charge is 0.464 e. The number of aliphatic hydroxyl groups excluding tert-OH is 1. The molecule has 0 radical (unpaired) electrons. The molecule has 28 heteroatoms. The molecule has 0 aliphatic carbocycles. The van der Waals surface area contributed by atoms with Gasteiger partial charge in [0.05, 0.1) is 31.7 Å². The Labute approximate surface area is 450 Å². The summed E-state index contributed by atoms with van der Waals surface area (Å²) in [5.74, 6) is -13.1. The highest BCUT2D eigenvalue weighted by Gasteiger charge is 2.48. The van der Waals surface area contributed by atoms with Crippen LogP contribution in [-0.2, 0) is 49.4 Å². The summed E-state index contributed by atoms with van der Waals surface area (Å²) in [5.41, 5.74) is -0.0744. The number of aliphatic hydroxyl groups is 1. The summed E-state index contributed by atoms with van der Waals surface area (Å²) in [6, 6.07) is 20.7. The molecule has 8 rings (SSSR count). The Kier molecular flexibility index (Phi) is 18.3. The fraction of sp³-hybridized carbons (Fsp3) is 0.286. The molecule has 0 amide bonds. The molecule has 2 aromatic heterocycles. The van der Waals surface area contributed by atoms with E-state index in [9.17, 15) is 59.4 Å². The minimum absolute atomic E-state index is 0. The van der Waals surface area contributed by atoms with Crippen molar-refractivity contribution in [2.75, 3.05) is 14.2 Å². The number of ketones is 1. The number of fused-ring (bicyclic) bond motifs is 2. The van der Waals surface area contributed by atoms with Crippen LogP contribution in [-0.4, -0.2) is 83.8 Å². The van der Waals surface area contributed by atoms with Crippen LogP contribution in [0.5, 0.6) is 23.0 Å². The largest absolute Gasteiger partial charge is 0.586 e. The molecule has 2 atom stereocenters. The van der Waals surface area contributed by atoms with E-state index in [4.69, 9.17) is 9.69 Å². The number of aldehydes is 1. The van der Waals surface area contributed by atoms with E-state index in [-0.39, 0.29) is 58.5 Å². The molecule has 0 saturated heterocycles. The van der Waals surface area contributed by atoms with E-state index in [1.807, 2.05) is 25.7 Å². The topological polar surface area (TPSA) is 213 Å². The summed E-state index contributed by atoms with van der Waals surface area (Å²) in [7, 11) is 2.55. The SMILES string of the molecule is C.COC(=O)C(F)(F)c1cc(-c2ccc(Br)cc2C(O)C(=O)c2ccc3c(c2)OC(F)(F)O3)n(C)n1.COC(=O)C(F)(F)c1cc(-c2ccc(Br)cc2C=O)n(C)n1.C[Si](C)(C)OC(C#N)c1ccc2c(c1)OC(F)(F)O2. The van der Waals surface area contributed by atoms with Gasteiger partial charge in [-0.05, 0) is 97.5 Å². The second kappa shape index (κ2) is 23.2. The fourth-order valence-electron chi connectivity index (χ4n) is 7.12. The molecule has 0 saturated carbocycles. The van der Waals surface area contributed by atoms with E-state index >= 15 is 0 Å². The van der Waals surface area contributed by atoms with Gasteiger partial charge in [0.25, 0.3) is 0 Å². The number of alkyl halides is 8. The van der Waals surface area contributed by atoms with Gasteiger partial charge in [0.15, 0.2) is 49.5 Å². The molecule has 6 aromatic rings. The summed E-state index contributed by atoms with van der Waals surface area (Å²) in [6.45, 7) is 5.83. The third kappa shape index (κ3) is 13.7. The normalized spacial score (nSPS) is 14.5. The van der Waals surface area contributed by atoms with Crippen molar-refractivity contribution in [1.29, 1.82) is 5.26 Å². The first-order chi connectivity index (χ1) is 35.3. The van der Waals surface area contributed by atoms with E-state index in [1.54, 1.807) is 24.3 Å². The van der Waals surface area contributed by atoms with Gasteiger partial charge in [-0.2, -0.15) is 33.0 Å². The summed E-state index contributed by atoms with van der Waals surface area (Å²) in [6.07, 6.45) is -9.55.